The Morgan fingerprint density at radius 3 is 2.67 bits per heavy atom. The van der Waals surface area contributed by atoms with E-state index in [2.05, 4.69) is 11.9 Å². The number of halogens is 3. The largest absolute Gasteiger partial charge is 0.414 e. The van der Waals surface area contributed by atoms with Gasteiger partial charge in [0.15, 0.2) is 6.10 Å². The molecular weight excluding hydrogens is 211 g/mol. The lowest BCUT2D eigenvalue weighted by atomic mass is 10.2. The summed E-state index contributed by atoms with van der Waals surface area (Å²) >= 11 is 0. The van der Waals surface area contributed by atoms with Gasteiger partial charge in [0.1, 0.15) is 0 Å². The van der Waals surface area contributed by atoms with Gasteiger partial charge in [0, 0.05) is 6.54 Å². The summed E-state index contributed by atoms with van der Waals surface area (Å²) in [7, 11) is 0. The van der Waals surface area contributed by atoms with E-state index in [9.17, 15) is 18.0 Å². The number of alkyl halides is 3. The first-order valence-corrected chi connectivity index (χ1v) is 4.56. The van der Waals surface area contributed by atoms with E-state index in [0.29, 0.717) is 6.42 Å². The zero-order valence-corrected chi connectivity index (χ0v) is 8.01. The topological polar surface area (TPSA) is 38.3 Å². The van der Waals surface area contributed by atoms with Gasteiger partial charge in [0.2, 0.25) is 5.91 Å². The van der Waals surface area contributed by atoms with Gasteiger partial charge in [0.25, 0.3) is 0 Å². The van der Waals surface area contributed by atoms with Crippen LogP contribution in [0, 0.1) is 0 Å². The Hall–Kier alpha value is -1.04. The van der Waals surface area contributed by atoms with E-state index in [4.69, 9.17) is 4.74 Å². The van der Waals surface area contributed by atoms with Gasteiger partial charge < -0.3 is 10.1 Å². The first kappa shape index (κ1) is 12.0. The van der Waals surface area contributed by atoms with Gasteiger partial charge in [-0.05, 0) is 18.9 Å². The minimum Gasteiger partial charge on any atom is -0.364 e. The van der Waals surface area contributed by atoms with E-state index in [0.717, 1.165) is 6.08 Å². The predicted octanol–water partition coefficient (Wildman–Crippen LogP) is 1.40. The van der Waals surface area contributed by atoms with Crippen molar-refractivity contribution in [3.63, 3.8) is 0 Å². The van der Waals surface area contributed by atoms with Crippen LogP contribution in [-0.2, 0) is 9.53 Å². The zero-order valence-electron chi connectivity index (χ0n) is 8.01. The highest BCUT2D eigenvalue weighted by atomic mass is 19.4. The fraction of sp³-hybridized carbons (Fsp3) is 0.667. The van der Waals surface area contributed by atoms with Crippen molar-refractivity contribution in [2.24, 2.45) is 0 Å². The maximum atomic E-state index is 12.2. The van der Waals surface area contributed by atoms with Gasteiger partial charge in [-0.3, -0.25) is 4.79 Å². The lowest BCUT2D eigenvalue weighted by Gasteiger charge is -2.16. The van der Waals surface area contributed by atoms with Gasteiger partial charge in [-0.15, -0.1) is 0 Å². The molecule has 1 rings (SSSR count). The lowest BCUT2D eigenvalue weighted by Crippen LogP contribution is -2.34. The maximum absolute atomic E-state index is 12.2. The van der Waals surface area contributed by atoms with E-state index in [1.165, 1.54) is 0 Å². The summed E-state index contributed by atoms with van der Waals surface area (Å²) in [6, 6.07) is 0. The van der Waals surface area contributed by atoms with Crippen molar-refractivity contribution in [3.05, 3.63) is 12.7 Å². The number of carbonyl (C=O) groups is 1. The molecule has 0 aromatic rings. The standard InChI is InChI=1S/C9H12F3NO2/c1-2-8(14)13-5-6-3-4-7(15-6)9(10,11)12/h2,6-7H,1,3-5H2,(H,13,14). The normalized spacial score (nSPS) is 26.3. The Labute approximate surface area is 85.3 Å². The van der Waals surface area contributed by atoms with Crippen molar-refractivity contribution in [1.29, 1.82) is 0 Å². The molecule has 6 heteroatoms. The van der Waals surface area contributed by atoms with Crippen LogP contribution in [0.15, 0.2) is 12.7 Å². The highest BCUT2D eigenvalue weighted by Crippen LogP contribution is 2.32. The van der Waals surface area contributed by atoms with Crippen molar-refractivity contribution in [2.75, 3.05) is 6.54 Å². The minimum absolute atomic E-state index is 0.0435. The molecule has 1 saturated heterocycles. The average Bonchev–Trinajstić information content (AvgIpc) is 2.61. The molecule has 15 heavy (non-hydrogen) atoms. The Morgan fingerprint density at radius 2 is 2.20 bits per heavy atom. The Kier molecular flexibility index (Phi) is 3.73. The van der Waals surface area contributed by atoms with Gasteiger partial charge >= 0.3 is 6.18 Å². The van der Waals surface area contributed by atoms with Crippen LogP contribution in [-0.4, -0.2) is 30.8 Å². The van der Waals surface area contributed by atoms with E-state index in [1.54, 1.807) is 0 Å². The molecule has 0 aromatic heterocycles. The Bertz CT molecular complexity index is 252. The lowest BCUT2D eigenvalue weighted by molar-refractivity contribution is -0.214. The van der Waals surface area contributed by atoms with Crippen molar-refractivity contribution in [2.45, 2.75) is 31.2 Å². The summed E-state index contributed by atoms with van der Waals surface area (Å²) in [5.41, 5.74) is 0. The third kappa shape index (κ3) is 3.54. The molecule has 0 spiro atoms. The molecule has 1 amide bonds. The van der Waals surface area contributed by atoms with Crippen molar-refractivity contribution in [3.8, 4) is 0 Å². The number of carbonyl (C=O) groups excluding carboxylic acids is 1. The number of hydrogen-bond acceptors (Lipinski definition) is 2. The molecule has 1 aliphatic heterocycles. The second-order valence-electron chi connectivity index (χ2n) is 3.31. The van der Waals surface area contributed by atoms with Crippen LogP contribution < -0.4 is 5.32 Å². The van der Waals surface area contributed by atoms with E-state index in [-0.39, 0.29) is 13.0 Å². The van der Waals surface area contributed by atoms with Crippen molar-refractivity contribution in [1.82, 2.24) is 5.32 Å². The fourth-order valence-electron chi connectivity index (χ4n) is 1.38. The van der Waals surface area contributed by atoms with Gasteiger partial charge in [-0.25, -0.2) is 0 Å². The first-order chi connectivity index (χ1) is 6.93. The molecule has 86 valence electrons. The van der Waals surface area contributed by atoms with Crippen LogP contribution >= 0.6 is 0 Å². The predicted molar refractivity (Wildman–Crippen MR) is 47.2 cm³/mol. The van der Waals surface area contributed by atoms with Crippen LogP contribution in [0.3, 0.4) is 0 Å². The van der Waals surface area contributed by atoms with Crippen LogP contribution in [0.2, 0.25) is 0 Å². The average molecular weight is 223 g/mol. The fourth-order valence-corrected chi connectivity index (χ4v) is 1.38. The van der Waals surface area contributed by atoms with E-state index in [1.807, 2.05) is 0 Å². The Morgan fingerprint density at radius 1 is 1.53 bits per heavy atom. The molecule has 0 saturated carbocycles. The smallest absolute Gasteiger partial charge is 0.364 e. The molecular formula is C9H12F3NO2. The molecule has 2 atom stereocenters. The van der Waals surface area contributed by atoms with Crippen molar-refractivity contribution < 1.29 is 22.7 Å². The molecule has 1 fully saturated rings. The SMILES string of the molecule is C=CC(=O)NCC1CCC(C(F)(F)F)O1. The molecule has 1 aliphatic rings. The quantitative estimate of drug-likeness (QED) is 0.734. The molecule has 0 bridgehead atoms. The number of hydrogen-bond donors (Lipinski definition) is 1. The highest BCUT2D eigenvalue weighted by Gasteiger charge is 2.45. The summed E-state index contributed by atoms with van der Waals surface area (Å²) in [5.74, 6) is -0.408. The minimum atomic E-state index is -4.31. The summed E-state index contributed by atoms with van der Waals surface area (Å²) < 4.78 is 41.3. The number of ether oxygens (including phenoxy) is 1. The summed E-state index contributed by atoms with van der Waals surface area (Å²) in [6.45, 7) is 3.32. The van der Waals surface area contributed by atoms with Crippen LogP contribution in [0.25, 0.3) is 0 Å². The summed E-state index contributed by atoms with van der Waals surface area (Å²) in [5, 5.41) is 2.40. The molecule has 3 nitrogen and oxygen atoms in total. The summed E-state index contributed by atoms with van der Waals surface area (Å²) in [6.07, 6.45) is -5.23. The molecule has 0 radical (unpaired) electrons. The molecule has 2 unspecified atom stereocenters. The van der Waals surface area contributed by atoms with Crippen LogP contribution in [0.1, 0.15) is 12.8 Å². The second kappa shape index (κ2) is 4.65. The Balaban J connectivity index is 2.31. The van der Waals surface area contributed by atoms with Gasteiger partial charge in [0.05, 0.1) is 6.10 Å². The molecule has 0 aliphatic carbocycles. The zero-order chi connectivity index (χ0) is 11.5. The first-order valence-electron chi connectivity index (χ1n) is 4.56. The summed E-state index contributed by atoms with van der Waals surface area (Å²) in [4.78, 5) is 10.7. The van der Waals surface area contributed by atoms with E-state index >= 15 is 0 Å². The van der Waals surface area contributed by atoms with Crippen molar-refractivity contribution >= 4 is 5.91 Å². The number of rotatable bonds is 3. The van der Waals surface area contributed by atoms with Gasteiger partial charge in [-0.1, -0.05) is 6.58 Å². The molecule has 1 N–H and O–H groups in total. The second-order valence-corrected chi connectivity index (χ2v) is 3.31. The molecule has 1 heterocycles. The number of amides is 1. The van der Waals surface area contributed by atoms with E-state index < -0.39 is 24.3 Å². The number of nitrogens with one attached hydrogen (secondary N) is 1. The third-order valence-corrected chi connectivity index (χ3v) is 2.16. The maximum Gasteiger partial charge on any atom is 0.414 e. The third-order valence-electron chi connectivity index (χ3n) is 2.16. The van der Waals surface area contributed by atoms with Gasteiger partial charge in [-0.2, -0.15) is 13.2 Å². The monoisotopic (exact) mass is 223 g/mol. The van der Waals surface area contributed by atoms with Crippen LogP contribution in [0.5, 0.6) is 0 Å². The molecule has 0 aromatic carbocycles. The van der Waals surface area contributed by atoms with Crippen LogP contribution in [0.4, 0.5) is 13.2 Å². The highest BCUT2D eigenvalue weighted by molar-refractivity contribution is 5.86.